The highest BCUT2D eigenvalue weighted by atomic mass is 16.5. The minimum absolute atomic E-state index is 0.0149. The second-order valence-electron chi connectivity index (χ2n) is 8.43. The maximum absolute atomic E-state index is 12.8. The molecule has 2 heterocycles. The fraction of sp³-hybridized carbons (Fsp3) is 0.652. The molecule has 2 fully saturated rings. The van der Waals surface area contributed by atoms with Crippen molar-refractivity contribution in [1.29, 1.82) is 0 Å². The highest BCUT2D eigenvalue weighted by molar-refractivity contribution is 5.90. The zero-order valence-electron chi connectivity index (χ0n) is 18.2. The fourth-order valence-electron chi connectivity index (χ4n) is 4.18. The van der Waals surface area contributed by atoms with Crippen LogP contribution in [0.1, 0.15) is 64.2 Å². The van der Waals surface area contributed by atoms with Crippen LogP contribution in [0.15, 0.2) is 24.4 Å². The van der Waals surface area contributed by atoms with E-state index in [0.717, 1.165) is 38.5 Å². The molecular weight excluding hydrogens is 396 g/mol. The molecular formula is C23H34N4O4. The van der Waals surface area contributed by atoms with E-state index in [9.17, 15) is 14.4 Å². The number of anilines is 1. The first kappa shape index (κ1) is 23.2. The van der Waals surface area contributed by atoms with E-state index < -0.39 is 0 Å². The van der Waals surface area contributed by atoms with Crippen molar-refractivity contribution in [2.75, 3.05) is 25.0 Å². The Labute approximate surface area is 184 Å². The lowest BCUT2D eigenvalue weighted by Crippen LogP contribution is -2.46. The Hall–Kier alpha value is -2.48. The molecule has 0 aromatic carbocycles. The molecule has 1 aliphatic carbocycles. The van der Waals surface area contributed by atoms with Crippen molar-refractivity contribution in [3.05, 3.63) is 24.4 Å². The molecule has 3 rings (SSSR count). The summed E-state index contributed by atoms with van der Waals surface area (Å²) in [5.41, 5.74) is 0. The largest absolute Gasteiger partial charge is 0.376 e. The van der Waals surface area contributed by atoms with Crippen molar-refractivity contribution in [2.45, 2.75) is 76.4 Å². The second kappa shape index (κ2) is 12.4. The van der Waals surface area contributed by atoms with Crippen LogP contribution in [0.25, 0.3) is 0 Å². The van der Waals surface area contributed by atoms with Gasteiger partial charge >= 0.3 is 0 Å². The van der Waals surface area contributed by atoms with Crippen molar-refractivity contribution in [2.24, 2.45) is 0 Å². The van der Waals surface area contributed by atoms with E-state index in [0.29, 0.717) is 25.4 Å². The first-order valence-corrected chi connectivity index (χ1v) is 11.5. The third kappa shape index (κ3) is 8.28. The lowest BCUT2D eigenvalue weighted by Gasteiger charge is -2.27. The second-order valence-corrected chi connectivity index (χ2v) is 8.43. The quantitative estimate of drug-likeness (QED) is 0.594. The van der Waals surface area contributed by atoms with Gasteiger partial charge in [0.2, 0.25) is 17.7 Å². The summed E-state index contributed by atoms with van der Waals surface area (Å²) in [6.07, 6.45) is 9.88. The predicted molar refractivity (Wildman–Crippen MR) is 117 cm³/mol. The molecule has 1 saturated carbocycles. The minimum atomic E-state index is -0.174. The summed E-state index contributed by atoms with van der Waals surface area (Å²) < 4.78 is 5.68. The first-order chi connectivity index (χ1) is 15.1. The maximum atomic E-state index is 12.8. The normalized spacial score (nSPS) is 19.0. The Morgan fingerprint density at radius 1 is 1.03 bits per heavy atom. The molecule has 1 aliphatic heterocycles. The smallest absolute Gasteiger partial charge is 0.239 e. The number of aromatic nitrogens is 1. The molecule has 0 bridgehead atoms. The topological polar surface area (TPSA) is 101 Å². The van der Waals surface area contributed by atoms with Crippen molar-refractivity contribution < 1.29 is 19.1 Å². The van der Waals surface area contributed by atoms with Gasteiger partial charge in [-0.15, -0.1) is 0 Å². The average molecular weight is 431 g/mol. The zero-order valence-corrected chi connectivity index (χ0v) is 18.2. The molecule has 2 N–H and O–H groups in total. The van der Waals surface area contributed by atoms with Crippen LogP contribution in [0, 0.1) is 0 Å². The van der Waals surface area contributed by atoms with Crippen LogP contribution in [0.2, 0.25) is 0 Å². The Balaban J connectivity index is 1.45. The Morgan fingerprint density at radius 3 is 2.58 bits per heavy atom. The summed E-state index contributed by atoms with van der Waals surface area (Å²) in [4.78, 5) is 43.2. The number of carbonyl (C=O) groups excluding carboxylic acids is 3. The number of ether oxygens (including phenoxy) is 1. The van der Waals surface area contributed by atoms with Gasteiger partial charge in [0.25, 0.3) is 0 Å². The number of nitrogens with zero attached hydrogens (tertiary/aromatic N) is 2. The molecule has 0 spiro atoms. The van der Waals surface area contributed by atoms with E-state index in [2.05, 4.69) is 15.6 Å². The molecule has 3 amide bonds. The van der Waals surface area contributed by atoms with Crippen LogP contribution in [-0.4, -0.2) is 59.4 Å². The van der Waals surface area contributed by atoms with Gasteiger partial charge in [-0.1, -0.05) is 25.3 Å². The number of nitrogens with one attached hydrogen (secondary N) is 2. The number of hydrogen-bond donors (Lipinski definition) is 2. The van der Waals surface area contributed by atoms with Gasteiger partial charge in [0.1, 0.15) is 5.82 Å². The van der Waals surface area contributed by atoms with E-state index in [1.54, 1.807) is 29.3 Å². The van der Waals surface area contributed by atoms with E-state index in [-0.39, 0.29) is 49.3 Å². The highest BCUT2D eigenvalue weighted by Crippen LogP contribution is 2.18. The fourth-order valence-corrected chi connectivity index (χ4v) is 4.18. The zero-order chi connectivity index (χ0) is 21.9. The molecule has 0 unspecified atom stereocenters. The molecule has 1 atom stereocenters. The van der Waals surface area contributed by atoms with Crippen LogP contribution in [0.3, 0.4) is 0 Å². The van der Waals surface area contributed by atoms with Crippen LogP contribution < -0.4 is 10.6 Å². The molecule has 0 radical (unpaired) electrons. The van der Waals surface area contributed by atoms with Gasteiger partial charge in [0.15, 0.2) is 0 Å². The molecule has 2 aliphatic rings. The van der Waals surface area contributed by atoms with Gasteiger partial charge < -0.3 is 20.3 Å². The van der Waals surface area contributed by atoms with Gasteiger partial charge in [-0.05, 0) is 44.2 Å². The van der Waals surface area contributed by atoms with Gasteiger partial charge in [-0.3, -0.25) is 14.4 Å². The first-order valence-electron chi connectivity index (χ1n) is 11.5. The lowest BCUT2D eigenvalue weighted by atomic mass is 9.95. The third-order valence-electron chi connectivity index (χ3n) is 5.83. The lowest BCUT2D eigenvalue weighted by molar-refractivity contribution is -0.138. The van der Waals surface area contributed by atoms with Gasteiger partial charge in [-0.2, -0.15) is 0 Å². The van der Waals surface area contributed by atoms with Gasteiger partial charge in [0.05, 0.1) is 12.6 Å². The van der Waals surface area contributed by atoms with Crippen molar-refractivity contribution in [3.8, 4) is 0 Å². The van der Waals surface area contributed by atoms with Crippen molar-refractivity contribution in [1.82, 2.24) is 15.2 Å². The number of carbonyl (C=O) groups is 3. The highest BCUT2D eigenvalue weighted by Gasteiger charge is 2.25. The standard InChI is InChI=1S/C23H34N4O4/c28-21(26-20-11-4-5-14-24-20)12-6-13-23(30)27(16-19-10-7-15-31-19)17-22(29)25-18-8-2-1-3-9-18/h4-5,11,14,18-19H,1-3,6-10,12-13,15-17H2,(H,25,29)(H,24,26,28)/t19-/m0/s1. The molecule has 31 heavy (non-hydrogen) atoms. The summed E-state index contributed by atoms with van der Waals surface area (Å²) in [7, 11) is 0. The summed E-state index contributed by atoms with van der Waals surface area (Å²) in [6.45, 7) is 1.18. The maximum Gasteiger partial charge on any atom is 0.239 e. The summed E-state index contributed by atoms with van der Waals surface area (Å²) >= 11 is 0. The summed E-state index contributed by atoms with van der Waals surface area (Å²) in [5, 5.41) is 5.81. The molecule has 8 heteroatoms. The van der Waals surface area contributed by atoms with Crippen LogP contribution in [-0.2, 0) is 19.1 Å². The summed E-state index contributed by atoms with van der Waals surface area (Å²) in [6, 6.07) is 5.52. The van der Waals surface area contributed by atoms with E-state index >= 15 is 0 Å². The van der Waals surface area contributed by atoms with Crippen LogP contribution >= 0.6 is 0 Å². The Kier molecular flexibility index (Phi) is 9.27. The number of amides is 3. The molecule has 1 aromatic rings. The SMILES string of the molecule is O=C(CCCC(=O)N(CC(=O)NC1CCCCC1)C[C@@H]1CCCO1)Nc1ccccn1. The van der Waals surface area contributed by atoms with Crippen LogP contribution in [0.5, 0.6) is 0 Å². The Bertz CT molecular complexity index is 716. The van der Waals surface area contributed by atoms with Gasteiger partial charge in [0, 0.05) is 38.2 Å². The molecule has 1 saturated heterocycles. The minimum Gasteiger partial charge on any atom is -0.376 e. The predicted octanol–water partition coefficient (Wildman–Crippen LogP) is 2.65. The van der Waals surface area contributed by atoms with E-state index in [4.69, 9.17) is 4.74 Å². The number of hydrogen-bond acceptors (Lipinski definition) is 5. The van der Waals surface area contributed by atoms with E-state index in [1.165, 1.54) is 6.42 Å². The monoisotopic (exact) mass is 430 g/mol. The Morgan fingerprint density at radius 2 is 1.87 bits per heavy atom. The molecule has 1 aromatic heterocycles. The average Bonchev–Trinajstić information content (AvgIpc) is 3.28. The molecule has 8 nitrogen and oxygen atoms in total. The number of pyridine rings is 1. The number of rotatable bonds is 10. The van der Waals surface area contributed by atoms with Crippen molar-refractivity contribution >= 4 is 23.5 Å². The van der Waals surface area contributed by atoms with Crippen LogP contribution in [0.4, 0.5) is 5.82 Å². The molecule has 170 valence electrons. The third-order valence-corrected chi connectivity index (χ3v) is 5.83. The van der Waals surface area contributed by atoms with Crippen molar-refractivity contribution in [3.63, 3.8) is 0 Å². The van der Waals surface area contributed by atoms with E-state index in [1.807, 2.05) is 0 Å². The summed E-state index contributed by atoms with van der Waals surface area (Å²) in [5.74, 6) is 0.108. The van der Waals surface area contributed by atoms with Gasteiger partial charge in [-0.25, -0.2) is 4.98 Å².